The molecule has 2 aliphatic rings. The van der Waals surface area contributed by atoms with Gasteiger partial charge in [0.1, 0.15) is 11.9 Å². The van der Waals surface area contributed by atoms with Crippen LogP contribution in [0.3, 0.4) is 0 Å². The molecule has 2 fully saturated rings. The number of hydrogen-bond donors (Lipinski definition) is 0. The van der Waals surface area contributed by atoms with Crippen molar-refractivity contribution >= 4 is 0 Å². The van der Waals surface area contributed by atoms with Crippen LogP contribution < -0.4 is 4.74 Å². The summed E-state index contributed by atoms with van der Waals surface area (Å²) in [6, 6.07) is 12.7. The third kappa shape index (κ3) is 4.01. The lowest BCUT2D eigenvalue weighted by Gasteiger charge is -2.42. The minimum Gasteiger partial charge on any atom is -0.497 e. The smallest absolute Gasteiger partial charge is 0.416 e. The SMILES string of the molecule is COc1ccc(C2OC[C@H]3O[C@@H](c4ccc(C(F)(F)F)cc4)CC[C@@H]3O2)cc1. The predicted octanol–water partition coefficient (Wildman–Crippen LogP) is 5.05. The van der Waals surface area contributed by atoms with E-state index < -0.39 is 18.0 Å². The number of alkyl halides is 3. The van der Waals surface area contributed by atoms with E-state index in [1.54, 1.807) is 7.11 Å². The average Bonchev–Trinajstić information content (AvgIpc) is 2.72. The fourth-order valence-electron chi connectivity index (χ4n) is 3.62. The van der Waals surface area contributed by atoms with E-state index in [2.05, 4.69) is 0 Å². The van der Waals surface area contributed by atoms with Crippen LogP contribution in [0.4, 0.5) is 13.2 Å². The summed E-state index contributed by atoms with van der Waals surface area (Å²) in [7, 11) is 1.61. The van der Waals surface area contributed by atoms with Crippen molar-refractivity contribution in [2.75, 3.05) is 13.7 Å². The molecule has 2 saturated heterocycles. The molecular weight excluding hydrogens is 373 g/mol. The van der Waals surface area contributed by atoms with Gasteiger partial charge >= 0.3 is 6.18 Å². The molecule has 28 heavy (non-hydrogen) atoms. The van der Waals surface area contributed by atoms with E-state index in [1.807, 2.05) is 24.3 Å². The molecule has 0 amide bonds. The van der Waals surface area contributed by atoms with Crippen molar-refractivity contribution < 1.29 is 32.1 Å². The molecular formula is C21H21F3O4. The molecule has 2 aliphatic heterocycles. The second kappa shape index (κ2) is 7.73. The molecule has 1 unspecified atom stereocenters. The average molecular weight is 394 g/mol. The maximum absolute atomic E-state index is 12.7. The Morgan fingerprint density at radius 1 is 0.857 bits per heavy atom. The summed E-state index contributed by atoms with van der Waals surface area (Å²) >= 11 is 0. The monoisotopic (exact) mass is 394 g/mol. The van der Waals surface area contributed by atoms with E-state index in [-0.39, 0.29) is 18.3 Å². The second-order valence-corrected chi connectivity index (χ2v) is 6.97. The largest absolute Gasteiger partial charge is 0.497 e. The molecule has 0 saturated carbocycles. The van der Waals surface area contributed by atoms with Gasteiger partial charge in [-0.1, -0.05) is 24.3 Å². The van der Waals surface area contributed by atoms with Crippen molar-refractivity contribution in [1.29, 1.82) is 0 Å². The van der Waals surface area contributed by atoms with Gasteiger partial charge in [0, 0.05) is 5.56 Å². The first-order valence-corrected chi connectivity index (χ1v) is 9.17. The van der Waals surface area contributed by atoms with Gasteiger partial charge < -0.3 is 18.9 Å². The second-order valence-electron chi connectivity index (χ2n) is 6.97. The highest BCUT2D eigenvalue weighted by molar-refractivity contribution is 5.28. The Kier molecular flexibility index (Phi) is 5.31. The maximum atomic E-state index is 12.7. The number of methoxy groups -OCH3 is 1. The van der Waals surface area contributed by atoms with Crippen LogP contribution >= 0.6 is 0 Å². The van der Waals surface area contributed by atoms with E-state index in [9.17, 15) is 13.2 Å². The van der Waals surface area contributed by atoms with Gasteiger partial charge in [0.05, 0.1) is 31.5 Å². The van der Waals surface area contributed by atoms with Crippen LogP contribution in [0.15, 0.2) is 48.5 Å². The first-order valence-electron chi connectivity index (χ1n) is 9.17. The van der Waals surface area contributed by atoms with Crippen molar-refractivity contribution in [3.63, 3.8) is 0 Å². The lowest BCUT2D eigenvalue weighted by Crippen LogP contribution is -2.45. The number of rotatable bonds is 3. The summed E-state index contributed by atoms with van der Waals surface area (Å²) in [4.78, 5) is 0. The summed E-state index contributed by atoms with van der Waals surface area (Å²) in [6.45, 7) is 0.374. The number of hydrogen-bond acceptors (Lipinski definition) is 4. The Morgan fingerprint density at radius 3 is 2.18 bits per heavy atom. The van der Waals surface area contributed by atoms with Gasteiger partial charge in [-0.3, -0.25) is 0 Å². The lowest BCUT2D eigenvalue weighted by molar-refractivity contribution is -0.289. The van der Waals surface area contributed by atoms with Gasteiger partial charge in [0.2, 0.25) is 0 Å². The van der Waals surface area contributed by atoms with Gasteiger partial charge in [-0.05, 0) is 42.7 Å². The Balaban J connectivity index is 1.38. The normalized spacial score (nSPS) is 27.9. The van der Waals surface area contributed by atoms with Gasteiger partial charge in [0.15, 0.2) is 6.29 Å². The van der Waals surface area contributed by atoms with Gasteiger partial charge in [0.25, 0.3) is 0 Å². The number of fused-ring (bicyclic) bond motifs is 1. The zero-order valence-corrected chi connectivity index (χ0v) is 15.3. The fourth-order valence-corrected chi connectivity index (χ4v) is 3.62. The van der Waals surface area contributed by atoms with Gasteiger partial charge in [-0.25, -0.2) is 0 Å². The summed E-state index contributed by atoms with van der Waals surface area (Å²) in [6.07, 6.45) is -3.96. The number of halogens is 3. The highest BCUT2D eigenvalue weighted by Crippen LogP contribution is 2.39. The molecule has 4 atom stereocenters. The molecule has 0 aromatic heterocycles. The van der Waals surface area contributed by atoms with Crippen molar-refractivity contribution in [3.8, 4) is 5.75 Å². The van der Waals surface area contributed by atoms with E-state index in [0.717, 1.165) is 35.4 Å². The van der Waals surface area contributed by atoms with Crippen molar-refractivity contribution in [3.05, 3.63) is 65.2 Å². The number of benzene rings is 2. The maximum Gasteiger partial charge on any atom is 0.416 e. The highest BCUT2D eigenvalue weighted by atomic mass is 19.4. The summed E-state index contributed by atoms with van der Waals surface area (Å²) in [5.41, 5.74) is 0.990. The van der Waals surface area contributed by atoms with E-state index in [1.165, 1.54) is 12.1 Å². The van der Waals surface area contributed by atoms with E-state index in [0.29, 0.717) is 13.0 Å². The van der Waals surface area contributed by atoms with Crippen LogP contribution in [-0.2, 0) is 20.4 Å². The molecule has 150 valence electrons. The van der Waals surface area contributed by atoms with Crippen LogP contribution in [0.2, 0.25) is 0 Å². The first-order chi connectivity index (χ1) is 13.4. The Bertz CT molecular complexity index is 789. The standard InChI is InChI=1S/C21H21F3O4/c1-25-16-8-4-14(5-9-16)20-26-12-19-18(28-20)11-10-17(27-19)13-2-6-15(7-3-13)21(22,23)24/h2-9,17-20H,10-12H2,1H3/t17-,18+,19-,20?/m1/s1. The van der Waals surface area contributed by atoms with Crippen molar-refractivity contribution in [2.24, 2.45) is 0 Å². The molecule has 2 aromatic carbocycles. The zero-order chi connectivity index (χ0) is 19.7. The quantitative estimate of drug-likeness (QED) is 0.730. The number of ether oxygens (including phenoxy) is 4. The minimum absolute atomic E-state index is 0.105. The van der Waals surface area contributed by atoms with Crippen molar-refractivity contribution in [2.45, 2.75) is 43.6 Å². The molecule has 2 aromatic rings. The summed E-state index contributed by atoms with van der Waals surface area (Å²) in [5.74, 6) is 0.762. The van der Waals surface area contributed by atoms with Crippen LogP contribution in [0.25, 0.3) is 0 Å². The Hall–Kier alpha value is -2.09. The zero-order valence-electron chi connectivity index (χ0n) is 15.3. The molecule has 0 aliphatic carbocycles. The highest BCUT2D eigenvalue weighted by Gasteiger charge is 2.39. The van der Waals surface area contributed by atoms with E-state index >= 15 is 0 Å². The molecule has 7 heteroatoms. The third-order valence-electron chi connectivity index (χ3n) is 5.18. The molecule has 0 spiro atoms. The summed E-state index contributed by atoms with van der Waals surface area (Å²) < 4.78 is 61.3. The van der Waals surface area contributed by atoms with Gasteiger partial charge in [-0.15, -0.1) is 0 Å². The molecule has 0 bridgehead atoms. The van der Waals surface area contributed by atoms with Gasteiger partial charge in [-0.2, -0.15) is 13.2 Å². The third-order valence-corrected chi connectivity index (χ3v) is 5.18. The van der Waals surface area contributed by atoms with Crippen molar-refractivity contribution in [1.82, 2.24) is 0 Å². The molecule has 0 N–H and O–H groups in total. The Labute approximate surface area is 161 Å². The minimum atomic E-state index is -4.33. The van der Waals surface area contributed by atoms with Crippen LogP contribution in [0.1, 0.15) is 41.9 Å². The lowest BCUT2D eigenvalue weighted by atomic mass is 9.95. The molecule has 4 nitrogen and oxygen atoms in total. The van der Waals surface area contributed by atoms with Crippen LogP contribution in [0.5, 0.6) is 5.75 Å². The first kappa shape index (κ1) is 19.2. The van der Waals surface area contributed by atoms with Crippen LogP contribution in [0, 0.1) is 0 Å². The summed E-state index contributed by atoms with van der Waals surface area (Å²) in [5, 5.41) is 0. The topological polar surface area (TPSA) is 36.9 Å². The molecule has 0 radical (unpaired) electrons. The van der Waals surface area contributed by atoms with Crippen LogP contribution in [-0.4, -0.2) is 25.9 Å². The Morgan fingerprint density at radius 2 is 1.54 bits per heavy atom. The fraction of sp³-hybridized carbons (Fsp3) is 0.429. The predicted molar refractivity (Wildman–Crippen MR) is 94.9 cm³/mol. The molecule has 4 rings (SSSR count). The molecule has 2 heterocycles. The van der Waals surface area contributed by atoms with E-state index in [4.69, 9.17) is 18.9 Å².